The summed E-state index contributed by atoms with van der Waals surface area (Å²) in [6.45, 7) is 2.32. The number of methoxy groups -OCH3 is 2. The predicted octanol–water partition coefficient (Wildman–Crippen LogP) is 5.50. The molecule has 0 spiro atoms. The lowest BCUT2D eigenvalue weighted by atomic mass is 10.0. The lowest BCUT2D eigenvalue weighted by Crippen LogP contribution is -2.07. The quantitative estimate of drug-likeness (QED) is 0.0872. The van der Waals surface area contributed by atoms with Crippen LogP contribution in [0.2, 0.25) is 0 Å². The number of nitrogens with zero attached hydrogens (tertiary/aromatic N) is 2. The van der Waals surface area contributed by atoms with Gasteiger partial charge in [-0.15, -0.1) is 23.2 Å². The summed E-state index contributed by atoms with van der Waals surface area (Å²) in [4.78, 5) is 17.8. The maximum atomic E-state index is 12.2. The minimum Gasteiger partial charge on any atom is -0.503 e. The zero-order valence-electron chi connectivity index (χ0n) is 19.4. The maximum Gasteiger partial charge on any atom is 0.341 e. The molecule has 35 heavy (non-hydrogen) atoms. The molecule has 1 atom stereocenters. The highest BCUT2D eigenvalue weighted by molar-refractivity contribution is 6.50. The molecule has 4 rings (SSSR count). The topological polar surface area (TPSA) is 92.4 Å². The molecule has 1 unspecified atom stereocenters. The van der Waals surface area contributed by atoms with Crippen LogP contribution in [0.1, 0.15) is 30.2 Å². The van der Waals surface area contributed by atoms with Crippen LogP contribution in [-0.2, 0) is 25.7 Å². The molecule has 0 aliphatic heterocycles. The molecule has 184 valence electrons. The number of benzene rings is 2. The predicted molar refractivity (Wildman–Crippen MR) is 132 cm³/mol. The van der Waals surface area contributed by atoms with Gasteiger partial charge in [-0.3, -0.25) is 0 Å². The fourth-order valence-corrected chi connectivity index (χ4v) is 4.01. The first-order chi connectivity index (χ1) is 16.8. The number of rotatable bonds is 10. The van der Waals surface area contributed by atoms with Crippen molar-refractivity contribution in [2.24, 2.45) is 11.1 Å². The molecule has 0 radical (unpaired) electrons. The number of hydrogen-bond acceptors (Lipinski definition) is 8. The Morgan fingerprint density at radius 3 is 2.74 bits per heavy atom. The summed E-state index contributed by atoms with van der Waals surface area (Å²) in [6, 6.07) is 12.7. The van der Waals surface area contributed by atoms with Gasteiger partial charge < -0.3 is 23.6 Å². The Bertz CT molecular complexity index is 1280. The van der Waals surface area contributed by atoms with Crippen LogP contribution in [0.5, 0.6) is 5.75 Å². The Morgan fingerprint density at radius 2 is 2.03 bits per heavy atom. The molecule has 3 aromatic rings. The molecule has 0 amide bonds. The monoisotopic (exact) mass is 518 g/mol. The van der Waals surface area contributed by atoms with Crippen LogP contribution in [0.25, 0.3) is 16.5 Å². The van der Waals surface area contributed by atoms with Gasteiger partial charge >= 0.3 is 5.97 Å². The molecule has 1 saturated carbocycles. The third-order valence-electron chi connectivity index (χ3n) is 5.56. The fourth-order valence-electron chi connectivity index (χ4n) is 3.52. The number of aromatic nitrogens is 1. The van der Waals surface area contributed by atoms with Crippen LogP contribution < -0.4 is 4.74 Å². The third-order valence-corrected chi connectivity index (χ3v) is 6.49. The number of carbonyl (C=O) groups is 1. The zero-order valence-corrected chi connectivity index (χ0v) is 20.9. The van der Waals surface area contributed by atoms with E-state index in [0.717, 1.165) is 17.4 Å². The average molecular weight is 519 g/mol. The molecule has 1 fully saturated rings. The molecular weight excluding hydrogens is 495 g/mol. The molecule has 0 bridgehead atoms. The van der Waals surface area contributed by atoms with Crippen molar-refractivity contribution in [3.05, 3.63) is 65.5 Å². The minimum absolute atomic E-state index is 0.114. The summed E-state index contributed by atoms with van der Waals surface area (Å²) in [6.07, 6.45) is 2.06. The largest absolute Gasteiger partial charge is 0.503 e. The van der Waals surface area contributed by atoms with Crippen LogP contribution >= 0.6 is 23.2 Å². The highest BCUT2D eigenvalue weighted by Gasteiger charge is 2.52. The summed E-state index contributed by atoms with van der Waals surface area (Å²) in [5, 5.41) is 9.10. The van der Waals surface area contributed by atoms with Crippen LogP contribution in [0, 0.1) is 5.92 Å². The third kappa shape index (κ3) is 5.71. The molecule has 10 heteroatoms. The molecule has 0 saturated heterocycles. The number of halogens is 2. The van der Waals surface area contributed by atoms with E-state index in [1.54, 1.807) is 19.1 Å². The van der Waals surface area contributed by atoms with Crippen LogP contribution in [-0.4, -0.2) is 42.0 Å². The lowest BCUT2D eigenvalue weighted by Gasteiger charge is -2.11. The van der Waals surface area contributed by atoms with Gasteiger partial charge in [-0.2, -0.15) is 0 Å². The maximum absolute atomic E-state index is 12.2. The number of carbonyl (C=O) groups excluding carboxylic acids is 1. The number of alkyl halides is 2. The van der Waals surface area contributed by atoms with Gasteiger partial charge in [0.2, 0.25) is 0 Å². The zero-order chi connectivity index (χ0) is 25.0. The van der Waals surface area contributed by atoms with E-state index in [1.807, 2.05) is 30.3 Å². The Balaban J connectivity index is 1.45. The highest BCUT2D eigenvalue weighted by atomic mass is 35.5. The first kappa shape index (κ1) is 24.9. The Kier molecular flexibility index (Phi) is 7.52. The van der Waals surface area contributed by atoms with Gasteiger partial charge in [0.25, 0.3) is 0 Å². The van der Waals surface area contributed by atoms with Gasteiger partial charge in [0.05, 0.1) is 32.5 Å². The van der Waals surface area contributed by atoms with Crippen molar-refractivity contribution >= 4 is 51.4 Å². The second-order valence-corrected chi connectivity index (χ2v) is 9.57. The number of ether oxygens (including phenoxy) is 3. The van der Waals surface area contributed by atoms with Gasteiger partial charge in [-0.1, -0.05) is 34.6 Å². The molecule has 1 aliphatic carbocycles. The minimum atomic E-state index is -0.682. The van der Waals surface area contributed by atoms with Crippen LogP contribution in [0.3, 0.4) is 0 Å². The summed E-state index contributed by atoms with van der Waals surface area (Å²) in [5.41, 5.74) is 3.28. The number of esters is 1. The SMILES string of the molecule is CO/C=C(/C(=O)OC)c1ccccc1CO/N=C(/C)c1noc2cc(OCC3CC3(Cl)Cl)ccc12. The van der Waals surface area contributed by atoms with E-state index in [4.69, 9.17) is 46.8 Å². The van der Waals surface area contributed by atoms with E-state index in [0.29, 0.717) is 34.9 Å². The summed E-state index contributed by atoms with van der Waals surface area (Å²) < 4.78 is 20.5. The Labute approximate surface area is 212 Å². The standard InChI is InChI=1S/C25H24Cl2N2O6/c1-15(28-34-12-16-6-4-5-7-19(16)21(14-31-2)24(30)32-3)23-20-9-8-18(10-22(20)35-29-23)33-13-17-11-25(17,26)27/h4-10,14,17H,11-13H2,1-3H3/b21-14+,28-15-. The van der Waals surface area contributed by atoms with E-state index in [-0.39, 0.29) is 18.1 Å². The number of hydrogen-bond donors (Lipinski definition) is 0. The molecule has 8 nitrogen and oxygen atoms in total. The van der Waals surface area contributed by atoms with Crippen molar-refractivity contribution in [3.8, 4) is 5.75 Å². The second kappa shape index (κ2) is 10.6. The van der Waals surface area contributed by atoms with E-state index in [9.17, 15) is 4.79 Å². The molecular formula is C25H24Cl2N2O6. The number of fused-ring (bicyclic) bond motifs is 1. The smallest absolute Gasteiger partial charge is 0.341 e. The molecule has 1 aromatic heterocycles. The van der Waals surface area contributed by atoms with E-state index < -0.39 is 10.3 Å². The van der Waals surface area contributed by atoms with Crippen LogP contribution in [0.4, 0.5) is 0 Å². The molecule has 1 heterocycles. The Morgan fingerprint density at radius 1 is 1.26 bits per heavy atom. The Hall–Kier alpha value is -3.23. The van der Waals surface area contributed by atoms with Gasteiger partial charge in [-0.05, 0) is 31.0 Å². The van der Waals surface area contributed by atoms with Gasteiger partial charge in [0, 0.05) is 17.5 Å². The van der Waals surface area contributed by atoms with Crippen molar-refractivity contribution < 1.29 is 28.4 Å². The lowest BCUT2D eigenvalue weighted by molar-refractivity contribution is -0.133. The summed E-state index contributed by atoms with van der Waals surface area (Å²) in [5.74, 6) is 0.250. The van der Waals surface area contributed by atoms with E-state index >= 15 is 0 Å². The first-order valence-corrected chi connectivity index (χ1v) is 11.6. The normalized spacial score (nSPS) is 17.2. The fraction of sp³-hybridized carbons (Fsp3) is 0.320. The van der Waals surface area contributed by atoms with Crippen molar-refractivity contribution in [1.82, 2.24) is 5.16 Å². The van der Waals surface area contributed by atoms with Crippen LogP contribution in [0.15, 0.2) is 58.4 Å². The van der Waals surface area contributed by atoms with Gasteiger partial charge in [-0.25, -0.2) is 4.79 Å². The van der Waals surface area contributed by atoms with Crippen molar-refractivity contribution in [2.45, 2.75) is 24.3 Å². The van der Waals surface area contributed by atoms with Gasteiger partial charge in [0.1, 0.15) is 33.7 Å². The molecule has 2 aromatic carbocycles. The highest BCUT2D eigenvalue weighted by Crippen LogP contribution is 2.53. The van der Waals surface area contributed by atoms with Crippen molar-refractivity contribution in [3.63, 3.8) is 0 Å². The summed E-state index contributed by atoms with van der Waals surface area (Å²) >= 11 is 12.1. The van der Waals surface area contributed by atoms with E-state index in [2.05, 4.69) is 10.3 Å². The second-order valence-electron chi connectivity index (χ2n) is 8.03. The van der Waals surface area contributed by atoms with E-state index in [1.165, 1.54) is 20.5 Å². The molecule has 0 N–H and O–H groups in total. The van der Waals surface area contributed by atoms with Crippen molar-refractivity contribution in [2.75, 3.05) is 20.8 Å². The summed E-state index contributed by atoms with van der Waals surface area (Å²) in [7, 11) is 2.78. The van der Waals surface area contributed by atoms with Crippen molar-refractivity contribution in [1.29, 1.82) is 0 Å². The first-order valence-electron chi connectivity index (χ1n) is 10.8. The number of oxime groups is 1. The molecule has 1 aliphatic rings. The van der Waals surface area contributed by atoms with Gasteiger partial charge in [0.15, 0.2) is 5.58 Å². The average Bonchev–Trinajstić information content (AvgIpc) is 3.26.